The monoisotopic (exact) mass is 298 g/mol. The van der Waals surface area contributed by atoms with Gasteiger partial charge in [0.2, 0.25) is 5.91 Å². The van der Waals surface area contributed by atoms with Crippen LogP contribution in [0.2, 0.25) is 0 Å². The van der Waals surface area contributed by atoms with E-state index in [0.717, 1.165) is 23.6 Å². The molecule has 0 aliphatic heterocycles. The number of pyridine rings is 1. The minimum Gasteiger partial charge on any atom is -0.324 e. The van der Waals surface area contributed by atoms with Crippen LogP contribution in [0.4, 0.5) is 5.69 Å². The van der Waals surface area contributed by atoms with Crippen LogP contribution in [0.25, 0.3) is 5.65 Å². The zero-order valence-corrected chi connectivity index (χ0v) is 12.3. The van der Waals surface area contributed by atoms with Crippen molar-refractivity contribution in [2.45, 2.75) is 19.3 Å². The van der Waals surface area contributed by atoms with Gasteiger partial charge in [-0.05, 0) is 53.8 Å². The van der Waals surface area contributed by atoms with Crippen LogP contribution in [0, 0.1) is 12.8 Å². The van der Waals surface area contributed by atoms with Gasteiger partial charge in [-0.15, -0.1) is 0 Å². The number of aryl methyl sites for hydroxylation is 1. The molecular formula is C15H14N4OS. The summed E-state index contributed by atoms with van der Waals surface area (Å²) >= 11 is 1.68. The molecule has 3 aromatic heterocycles. The zero-order chi connectivity index (χ0) is 14.4. The Bertz CT molecular complexity index is 808. The number of anilines is 1. The summed E-state index contributed by atoms with van der Waals surface area (Å²) < 4.78 is 1.69. The Labute approximate surface area is 125 Å². The third-order valence-corrected chi connectivity index (χ3v) is 4.50. The maximum atomic E-state index is 12.3. The molecule has 5 nitrogen and oxygen atoms in total. The van der Waals surface area contributed by atoms with Crippen molar-refractivity contribution in [3.05, 3.63) is 46.5 Å². The van der Waals surface area contributed by atoms with Gasteiger partial charge in [-0.3, -0.25) is 4.79 Å². The molecule has 21 heavy (non-hydrogen) atoms. The number of amides is 1. The fourth-order valence-corrected chi connectivity index (χ4v) is 3.37. The Kier molecular flexibility index (Phi) is 2.78. The molecule has 3 aromatic rings. The summed E-state index contributed by atoms with van der Waals surface area (Å²) in [6.45, 7) is 1.85. The fraction of sp³-hybridized carbons (Fsp3) is 0.267. The summed E-state index contributed by atoms with van der Waals surface area (Å²) in [6.07, 6.45) is 2.74. The first-order chi connectivity index (χ1) is 10.2. The summed E-state index contributed by atoms with van der Waals surface area (Å²) in [4.78, 5) is 16.5. The second kappa shape index (κ2) is 4.66. The number of carbonyl (C=O) groups is 1. The van der Waals surface area contributed by atoms with Crippen molar-refractivity contribution < 1.29 is 4.79 Å². The normalized spacial score (nSPS) is 20.6. The summed E-state index contributed by atoms with van der Waals surface area (Å²) in [6, 6.07) is 5.83. The van der Waals surface area contributed by atoms with Crippen LogP contribution in [0.1, 0.15) is 23.7 Å². The number of rotatable bonds is 3. The molecule has 0 aromatic carbocycles. The van der Waals surface area contributed by atoms with Gasteiger partial charge in [-0.25, -0.2) is 9.50 Å². The van der Waals surface area contributed by atoms with E-state index < -0.39 is 0 Å². The third kappa shape index (κ3) is 2.31. The topological polar surface area (TPSA) is 59.3 Å². The van der Waals surface area contributed by atoms with Crippen molar-refractivity contribution in [3.63, 3.8) is 0 Å². The first-order valence-electron chi connectivity index (χ1n) is 6.87. The number of carbonyl (C=O) groups excluding carboxylic acids is 1. The fourth-order valence-electron chi connectivity index (χ4n) is 2.64. The first kappa shape index (κ1) is 12.5. The van der Waals surface area contributed by atoms with Gasteiger partial charge in [0.15, 0.2) is 5.65 Å². The van der Waals surface area contributed by atoms with Crippen molar-refractivity contribution >= 4 is 28.6 Å². The van der Waals surface area contributed by atoms with Gasteiger partial charge >= 0.3 is 0 Å². The Balaban J connectivity index is 1.48. The quantitative estimate of drug-likeness (QED) is 0.809. The Morgan fingerprint density at radius 3 is 3.14 bits per heavy atom. The van der Waals surface area contributed by atoms with E-state index in [1.54, 1.807) is 22.0 Å². The van der Waals surface area contributed by atoms with Gasteiger partial charge in [-0.1, -0.05) is 0 Å². The van der Waals surface area contributed by atoms with Crippen LogP contribution >= 0.6 is 11.3 Å². The van der Waals surface area contributed by atoms with Crippen molar-refractivity contribution in [1.82, 2.24) is 14.6 Å². The molecule has 2 atom stereocenters. The van der Waals surface area contributed by atoms with Crippen molar-refractivity contribution in [3.8, 4) is 0 Å². The number of hydrogen-bond acceptors (Lipinski definition) is 4. The molecule has 0 unspecified atom stereocenters. The van der Waals surface area contributed by atoms with Gasteiger partial charge in [-0.2, -0.15) is 16.4 Å². The SMILES string of the molecule is Cc1nc2ccc(NC(=O)[C@@H]3C[C@H]3c3ccsc3)cn2n1. The Morgan fingerprint density at radius 2 is 2.33 bits per heavy atom. The van der Waals surface area contributed by atoms with E-state index in [9.17, 15) is 4.79 Å². The van der Waals surface area contributed by atoms with E-state index in [-0.39, 0.29) is 11.8 Å². The number of fused-ring (bicyclic) bond motifs is 1. The molecule has 0 spiro atoms. The van der Waals surface area contributed by atoms with Crippen LogP contribution in [0.15, 0.2) is 35.2 Å². The maximum Gasteiger partial charge on any atom is 0.228 e. The predicted molar refractivity (Wildman–Crippen MR) is 81.5 cm³/mol. The molecule has 0 radical (unpaired) electrons. The summed E-state index contributed by atoms with van der Waals surface area (Å²) in [5.74, 6) is 1.28. The van der Waals surface area contributed by atoms with Crippen LogP contribution in [0.3, 0.4) is 0 Å². The average Bonchev–Trinajstić information content (AvgIpc) is 2.91. The highest BCUT2D eigenvalue weighted by atomic mass is 32.1. The molecule has 1 aliphatic rings. The van der Waals surface area contributed by atoms with E-state index in [2.05, 4.69) is 32.2 Å². The van der Waals surface area contributed by atoms with Crippen molar-refractivity contribution in [2.24, 2.45) is 5.92 Å². The molecule has 1 amide bonds. The molecule has 106 valence electrons. The van der Waals surface area contributed by atoms with Crippen LogP contribution in [-0.4, -0.2) is 20.5 Å². The van der Waals surface area contributed by atoms with E-state index in [0.29, 0.717) is 5.92 Å². The lowest BCUT2D eigenvalue weighted by atomic mass is 10.2. The maximum absolute atomic E-state index is 12.3. The molecule has 1 saturated carbocycles. The van der Waals surface area contributed by atoms with Gasteiger partial charge in [0, 0.05) is 5.92 Å². The standard InChI is InChI=1S/C15H14N4OS/c1-9-16-14-3-2-11(7-19(14)18-9)17-15(20)13-6-12(13)10-4-5-21-8-10/h2-5,7-8,12-13H,6H2,1H3,(H,17,20)/t12-,13+/m0/s1. The van der Waals surface area contributed by atoms with Gasteiger partial charge in [0.05, 0.1) is 11.9 Å². The number of thiophene rings is 1. The van der Waals surface area contributed by atoms with Crippen molar-refractivity contribution in [2.75, 3.05) is 5.32 Å². The largest absolute Gasteiger partial charge is 0.324 e. The van der Waals surface area contributed by atoms with E-state index in [4.69, 9.17) is 0 Å². The van der Waals surface area contributed by atoms with Crippen LogP contribution < -0.4 is 5.32 Å². The number of aromatic nitrogens is 3. The first-order valence-corrected chi connectivity index (χ1v) is 7.81. The lowest BCUT2D eigenvalue weighted by Crippen LogP contribution is -2.14. The predicted octanol–water partition coefficient (Wildman–Crippen LogP) is 2.84. The molecule has 3 heterocycles. The molecule has 0 bridgehead atoms. The molecule has 4 rings (SSSR count). The summed E-state index contributed by atoms with van der Waals surface area (Å²) in [5, 5.41) is 11.4. The van der Waals surface area contributed by atoms with Crippen molar-refractivity contribution in [1.29, 1.82) is 0 Å². The van der Waals surface area contributed by atoms with E-state index >= 15 is 0 Å². The average molecular weight is 298 g/mol. The lowest BCUT2D eigenvalue weighted by Gasteiger charge is -2.04. The third-order valence-electron chi connectivity index (χ3n) is 3.80. The Hall–Kier alpha value is -2.21. The highest BCUT2D eigenvalue weighted by Gasteiger charge is 2.44. The van der Waals surface area contributed by atoms with Crippen LogP contribution in [-0.2, 0) is 4.79 Å². The number of nitrogens with one attached hydrogen (secondary N) is 1. The second-order valence-electron chi connectivity index (χ2n) is 5.37. The van der Waals surface area contributed by atoms with E-state index in [1.807, 2.05) is 19.1 Å². The minimum atomic E-state index is 0.0855. The second-order valence-corrected chi connectivity index (χ2v) is 6.15. The zero-order valence-electron chi connectivity index (χ0n) is 11.5. The molecule has 1 N–H and O–H groups in total. The molecule has 1 aliphatic carbocycles. The highest BCUT2D eigenvalue weighted by Crippen LogP contribution is 2.48. The minimum absolute atomic E-state index is 0.0855. The smallest absolute Gasteiger partial charge is 0.228 e. The summed E-state index contributed by atoms with van der Waals surface area (Å²) in [7, 11) is 0. The number of hydrogen-bond donors (Lipinski definition) is 1. The van der Waals surface area contributed by atoms with Crippen LogP contribution in [0.5, 0.6) is 0 Å². The lowest BCUT2D eigenvalue weighted by molar-refractivity contribution is -0.117. The van der Waals surface area contributed by atoms with Gasteiger partial charge in [0.25, 0.3) is 0 Å². The molecule has 0 saturated heterocycles. The van der Waals surface area contributed by atoms with Gasteiger partial charge < -0.3 is 5.32 Å². The summed E-state index contributed by atoms with van der Waals surface area (Å²) in [5.41, 5.74) is 2.82. The highest BCUT2D eigenvalue weighted by molar-refractivity contribution is 7.08. The molecule has 6 heteroatoms. The Morgan fingerprint density at radius 1 is 1.43 bits per heavy atom. The number of nitrogens with zero attached hydrogens (tertiary/aromatic N) is 3. The van der Waals surface area contributed by atoms with E-state index in [1.165, 1.54) is 5.56 Å². The molecule has 1 fully saturated rings. The van der Waals surface area contributed by atoms with Gasteiger partial charge in [0.1, 0.15) is 5.82 Å². The molecular weight excluding hydrogens is 284 g/mol.